The van der Waals surface area contributed by atoms with Gasteiger partial charge in [-0.3, -0.25) is 9.59 Å². The molecular weight excluding hydrogens is 328 g/mol. The zero-order chi connectivity index (χ0) is 19.2. The lowest BCUT2D eigenvalue weighted by molar-refractivity contribution is -0.144. The van der Waals surface area contributed by atoms with E-state index in [9.17, 15) is 19.5 Å². The van der Waals surface area contributed by atoms with Gasteiger partial charge in [-0.05, 0) is 41.0 Å². The molecule has 1 aliphatic rings. The largest absolute Gasteiger partial charge is 0.464 e. The summed E-state index contributed by atoms with van der Waals surface area (Å²) >= 11 is 0. The molecule has 0 spiro atoms. The second kappa shape index (κ2) is 8.96. The van der Waals surface area contributed by atoms with Gasteiger partial charge in [0.2, 0.25) is 5.91 Å². The number of carbonyl (C=O) groups excluding carboxylic acids is 3. The van der Waals surface area contributed by atoms with Crippen molar-refractivity contribution in [2.24, 2.45) is 0 Å². The maximum absolute atomic E-state index is 12.3. The van der Waals surface area contributed by atoms with Gasteiger partial charge in [0.05, 0.1) is 12.2 Å². The molecule has 1 heterocycles. The molecule has 0 bridgehead atoms. The Morgan fingerprint density at radius 3 is 2.44 bits per heavy atom. The summed E-state index contributed by atoms with van der Waals surface area (Å²) in [5, 5.41) is 14.9. The number of aliphatic hydroxyl groups is 1. The summed E-state index contributed by atoms with van der Waals surface area (Å²) in [7, 11) is 0. The molecule has 0 aromatic rings. The average Bonchev–Trinajstić information content (AvgIpc) is 3.25. The summed E-state index contributed by atoms with van der Waals surface area (Å²) in [6, 6.07) is -0.883. The number of hydrogen-bond donors (Lipinski definition) is 3. The Kier molecular flexibility index (Phi) is 7.57. The van der Waals surface area contributed by atoms with Crippen LogP contribution in [0.4, 0.5) is 0 Å². The van der Waals surface area contributed by atoms with Crippen LogP contribution < -0.4 is 10.6 Å². The highest BCUT2D eigenvalue weighted by atomic mass is 16.6. The maximum Gasteiger partial charge on any atom is 0.338 e. The summed E-state index contributed by atoms with van der Waals surface area (Å²) in [5.74, 6) is -1.53. The number of rotatable bonds is 9. The van der Waals surface area contributed by atoms with Gasteiger partial charge in [0.25, 0.3) is 5.91 Å². The van der Waals surface area contributed by atoms with Crippen molar-refractivity contribution in [3.05, 3.63) is 11.6 Å². The molecule has 1 saturated heterocycles. The monoisotopic (exact) mass is 356 g/mol. The van der Waals surface area contributed by atoms with Gasteiger partial charge >= 0.3 is 5.97 Å². The van der Waals surface area contributed by atoms with E-state index in [-0.39, 0.29) is 13.2 Å². The van der Waals surface area contributed by atoms with Crippen LogP contribution in [0.1, 0.15) is 41.0 Å². The van der Waals surface area contributed by atoms with Crippen LogP contribution in [0.2, 0.25) is 0 Å². The number of esters is 1. The highest BCUT2D eigenvalue weighted by Crippen LogP contribution is 2.23. The normalized spacial score (nSPS) is 20.2. The lowest BCUT2D eigenvalue weighted by Gasteiger charge is -2.19. The molecule has 2 amide bonds. The van der Waals surface area contributed by atoms with E-state index in [4.69, 9.17) is 9.47 Å². The Bertz CT molecular complexity index is 534. The molecule has 0 saturated carbocycles. The molecule has 8 nitrogen and oxygen atoms in total. The second-order valence-electron chi connectivity index (χ2n) is 6.81. The van der Waals surface area contributed by atoms with Gasteiger partial charge < -0.3 is 25.2 Å². The minimum absolute atomic E-state index is 0.205. The molecule has 1 rings (SSSR count). The Morgan fingerprint density at radius 2 is 1.92 bits per heavy atom. The number of carbonyl (C=O) groups is 3. The molecule has 0 unspecified atom stereocenters. The van der Waals surface area contributed by atoms with Crippen molar-refractivity contribution in [2.45, 2.75) is 64.9 Å². The zero-order valence-corrected chi connectivity index (χ0v) is 15.4. The van der Waals surface area contributed by atoms with Crippen molar-refractivity contribution < 1.29 is 29.0 Å². The highest BCUT2D eigenvalue weighted by Gasteiger charge is 2.52. The number of amides is 2. The number of ether oxygens (including phenoxy) is 2. The van der Waals surface area contributed by atoms with Crippen molar-refractivity contribution in [3.63, 3.8) is 0 Å². The van der Waals surface area contributed by atoms with E-state index < -0.39 is 41.6 Å². The number of epoxide rings is 1. The number of nitrogens with one attached hydrogen (secondary N) is 2. The van der Waals surface area contributed by atoms with Crippen LogP contribution in [0.5, 0.6) is 0 Å². The van der Waals surface area contributed by atoms with Crippen LogP contribution in [-0.4, -0.2) is 59.9 Å². The van der Waals surface area contributed by atoms with E-state index in [0.717, 1.165) is 5.57 Å². The summed E-state index contributed by atoms with van der Waals surface area (Å²) in [6.45, 7) is 9.05. The van der Waals surface area contributed by atoms with Crippen LogP contribution >= 0.6 is 0 Å². The summed E-state index contributed by atoms with van der Waals surface area (Å²) in [4.78, 5) is 35.9. The molecule has 3 N–H and O–H groups in total. The van der Waals surface area contributed by atoms with E-state index in [2.05, 4.69) is 10.6 Å². The molecule has 0 aromatic carbocycles. The molecule has 8 heteroatoms. The third-order valence-electron chi connectivity index (χ3n) is 3.39. The molecule has 1 fully saturated rings. The van der Waals surface area contributed by atoms with E-state index in [1.54, 1.807) is 40.7 Å². The van der Waals surface area contributed by atoms with Crippen LogP contribution in [0.15, 0.2) is 11.6 Å². The molecule has 3 atom stereocenters. The zero-order valence-electron chi connectivity index (χ0n) is 15.4. The smallest absolute Gasteiger partial charge is 0.338 e. The molecule has 0 radical (unpaired) electrons. The van der Waals surface area contributed by atoms with Crippen LogP contribution in [-0.2, 0) is 23.9 Å². The first kappa shape index (κ1) is 21.1. The first-order valence-electron chi connectivity index (χ1n) is 8.32. The van der Waals surface area contributed by atoms with Crippen LogP contribution in [0.25, 0.3) is 0 Å². The Hall–Kier alpha value is -1.93. The third-order valence-corrected chi connectivity index (χ3v) is 3.39. The SMILES string of the molecule is CCOC(=O)[C@H]1O[C@@H]1C(=O)N[C@@H](C=C(C)C)C(=O)NCCC(C)(C)O. The van der Waals surface area contributed by atoms with E-state index in [0.29, 0.717) is 6.42 Å². The lowest BCUT2D eigenvalue weighted by Crippen LogP contribution is -2.48. The van der Waals surface area contributed by atoms with Crippen LogP contribution in [0.3, 0.4) is 0 Å². The fourth-order valence-electron chi connectivity index (χ4n) is 2.07. The van der Waals surface area contributed by atoms with Gasteiger partial charge in [0.1, 0.15) is 6.04 Å². The van der Waals surface area contributed by atoms with Gasteiger partial charge in [-0.15, -0.1) is 0 Å². The first-order chi connectivity index (χ1) is 11.5. The van der Waals surface area contributed by atoms with Gasteiger partial charge in [-0.2, -0.15) is 0 Å². The Morgan fingerprint density at radius 1 is 1.28 bits per heavy atom. The molecule has 0 aromatic heterocycles. The fraction of sp³-hybridized carbons (Fsp3) is 0.706. The molecule has 142 valence electrons. The quantitative estimate of drug-likeness (QED) is 0.305. The lowest BCUT2D eigenvalue weighted by atomic mass is 10.1. The van der Waals surface area contributed by atoms with Crippen molar-refractivity contribution >= 4 is 17.8 Å². The molecule has 1 aliphatic heterocycles. The third kappa shape index (κ3) is 7.66. The average molecular weight is 356 g/mol. The molecule has 0 aliphatic carbocycles. The predicted octanol–water partition coefficient (Wildman–Crippen LogP) is 0.0451. The topological polar surface area (TPSA) is 117 Å². The van der Waals surface area contributed by atoms with Crippen molar-refractivity contribution in [1.29, 1.82) is 0 Å². The Balaban J connectivity index is 2.59. The maximum atomic E-state index is 12.3. The summed E-state index contributed by atoms with van der Waals surface area (Å²) in [6.07, 6.45) is 0.145. The molecular formula is C17H28N2O6. The predicted molar refractivity (Wildman–Crippen MR) is 90.6 cm³/mol. The van der Waals surface area contributed by atoms with Gasteiger partial charge in [0.15, 0.2) is 12.2 Å². The minimum atomic E-state index is -0.934. The van der Waals surface area contributed by atoms with Crippen LogP contribution in [0, 0.1) is 0 Å². The number of hydrogen-bond acceptors (Lipinski definition) is 6. The van der Waals surface area contributed by atoms with Crippen molar-refractivity contribution in [1.82, 2.24) is 10.6 Å². The number of allylic oxidation sites excluding steroid dienone is 1. The van der Waals surface area contributed by atoms with Crippen molar-refractivity contribution in [2.75, 3.05) is 13.2 Å². The minimum Gasteiger partial charge on any atom is -0.464 e. The first-order valence-corrected chi connectivity index (χ1v) is 8.32. The standard InChI is InChI=1S/C17H28N2O6/c1-6-24-16(22)13-12(25-13)15(21)19-11(9-10(2)3)14(20)18-8-7-17(4,5)23/h9,11-13,23H,6-8H2,1-5H3,(H,18,20)(H,19,21)/t11-,12-,13-/m0/s1. The fourth-order valence-corrected chi connectivity index (χ4v) is 2.07. The molecule has 25 heavy (non-hydrogen) atoms. The second-order valence-corrected chi connectivity index (χ2v) is 6.81. The summed E-state index contributed by atoms with van der Waals surface area (Å²) < 4.78 is 9.82. The highest BCUT2D eigenvalue weighted by molar-refractivity contribution is 5.96. The van der Waals surface area contributed by atoms with E-state index in [1.165, 1.54) is 0 Å². The van der Waals surface area contributed by atoms with E-state index in [1.807, 2.05) is 0 Å². The van der Waals surface area contributed by atoms with Crippen molar-refractivity contribution in [3.8, 4) is 0 Å². The van der Waals surface area contributed by atoms with E-state index >= 15 is 0 Å². The van der Waals surface area contributed by atoms with Gasteiger partial charge in [-0.1, -0.05) is 11.6 Å². The van der Waals surface area contributed by atoms with Gasteiger partial charge in [-0.25, -0.2) is 4.79 Å². The summed E-state index contributed by atoms with van der Waals surface area (Å²) in [5.41, 5.74) is -0.0429. The van der Waals surface area contributed by atoms with Gasteiger partial charge in [0, 0.05) is 6.54 Å². The Labute approximate surface area is 147 Å².